The van der Waals surface area contributed by atoms with Gasteiger partial charge < -0.3 is 10.5 Å². The second-order valence-corrected chi connectivity index (χ2v) is 6.33. The fourth-order valence-electron chi connectivity index (χ4n) is 3.10. The molecule has 0 amide bonds. The lowest BCUT2D eigenvalue weighted by Crippen LogP contribution is -2.64. The van der Waals surface area contributed by atoms with Gasteiger partial charge in [0.15, 0.2) is 0 Å². The number of nitrogens with one attached hydrogen (secondary N) is 1. The second-order valence-electron chi connectivity index (χ2n) is 6.33. The number of amidine groups is 1. The third kappa shape index (κ3) is 3.39. The molecule has 4 nitrogen and oxygen atoms in total. The number of rotatable bonds is 3. The molecule has 2 atom stereocenters. The first-order chi connectivity index (χ1) is 12.8. The number of fused-ring (bicyclic) bond motifs is 1. The number of benzene rings is 1. The van der Waals surface area contributed by atoms with Crippen molar-refractivity contribution < 1.29 is 40.2 Å². The van der Waals surface area contributed by atoms with Gasteiger partial charge in [-0.25, -0.2) is 0 Å². The molecule has 1 aliphatic heterocycles. The fourth-order valence-corrected chi connectivity index (χ4v) is 3.10. The highest BCUT2D eigenvalue weighted by Gasteiger charge is 2.70. The lowest BCUT2D eigenvalue weighted by molar-refractivity contribution is -0.496. The van der Waals surface area contributed by atoms with Crippen molar-refractivity contribution in [2.24, 2.45) is 5.73 Å². The van der Waals surface area contributed by atoms with Gasteiger partial charge in [0.05, 0.1) is 5.56 Å². The number of halogens is 7. The van der Waals surface area contributed by atoms with Gasteiger partial charge in [0, 0.05) is 12.0 Å². The van der Waals surface area contributed by atoms with Crippen LogP contribution < -0.4 is 5.73 Å². The largest absolute Gasteiger partial charge is 0.449 e. The molecule has 28 heavy (non-hydrogen) atoms. The van der Waals surface area contributed by atoms with Crippen molar-refractivity contribution in [3.63, 3.8) is 0 Å². The summed E-state index contributed by atoms with van der Waals surface area (Å²) >= 11 is 0. The number of alkyl halides is 7. The van der Waals surface area contributed by atoms with E-state index in [1.165, 1.54) is 6.07 Å². The molecule has 1 aliphatic carbocycles. The number of hydrogen-bond acceptors (Lipinski definition) is 3. The summed E-state index contributed by atoms with van der Waals surface area (Å²) in [6.45, 7) is 0. The van der Waals surface area contributed by atoms with Crippen molar-refractivity contribution in [2.45, 2.75) is 36.5 Å². The Morgan fingerprint density at radius 1 is 1.11 bits per heavy atom. The van der Waals surface area contributed by atoms with Crippen molar-refractivity contribution in [1.29, 1.82) is 5.41 Å². The van der Waals surface area contributed by atoms with Gasteiger partial charge in [-0.05, 0) is 17.7 Å². The summed E-state index contributed by atoms with van der Waals surface area (Å²) in [7, 11) is 0. The molecule has 2 aliphatic rings. The first-order valence-electron chi connectivity index (χ1n) is 7.82. The molecule has 0 radical (unpaired) electrons. The van der Waals surface area contributed by atoms with Crippen LogP contribution in [0, 0.1) is 5.41 Å². The van der Waals surface area contributed by atoms with Gasteiger partial charge in [-0.1, -0.05) is 30.4 Å². The number of ether oxygens (including phenoxy) is 2. The molecule has 0 aromatic heterocycles. The monoisotopic (exact) mass is 410 g/mol. The SMILES string of the molecule is N=C(N)C1=CC2(Cc3ccccc3C(F)(F)F)OC(F)(F)C(F)(F)OC2C=C1. The Morgan fingerprint density at radius 3 is 2.36 bits per heavy atom. The molecule has 1 fully saturated rings. The molecule has 1 aromatic rings. The van der Waals surface area contributed by atoms with Crippen molar-refractivity contribution in [3.8, 4) is 0 Å². The maximum Gasteiger partial charge on any atom is 0.449 e. The minimum Gasteiger partial charge on any atom is -0.384 e. The van der Waals surface area contributed by atoms with E-state index < -0.39 is 53.5 Å². The Labute approximate surface area is 153 Å². The average Bonchev–Trinajstić information content (AvgIpc) is 2.54. The normalized spacial score (nSPS) is 28.4. The van der Waals surface area contributed by atoms with Gasteiger partial charge in [0.1, 0.15) is 17.5 Å². The van der Waals surface area contributed by atoms with E-state index in [-0.39, 0.29) is 5.57 Å². The summed E-state index contributed by atoms with van der Waals surface area (Å²) in [6.07, 6.45) is -14.9. The van der Waals surface area contributed by atoms with E-state index in [2.05, 4.69) is 9.47 Å². The topological polar surface area (TPSA) is 68.3 Å². The van der Waals surface area contributed by atoms with Crippen molar-refractivity contribution in [1.82, 2.24) is 0 Å². The van der Waals surface area contributed by atoms with Crippen LogP contribution in [0.1, 0.15) is 11.1 Å². The molecular weight excluding hydrogens is 397 g/mol. The van der Waals surface area contributed by atoms with Crippen LogP contribution in [0.15, 0.2) is 48.1 Å². The summed E-state index contributed by atoms with van der Waals surface area (Å²) in [5.41, 5.74) is 1.08. The molecule has 11 heteroatoms. The molecule has 3 rings (SSSR count). The lowest BCUT2D eigenvalue weighted by Gasteiger charge is -2.48. The van der Waals surface area contributed by atoms with Crippen LogP contribution in [-0.4, -0.2) is 29.8 Å². The zero-order valence-electron chi connectivity index (χ0n) is 13.9. The minimum atomic E-state index is -5.12. The summed E-state index contributed by atoms with van der Waals surface area (Å²) < 4.78 is 103. The highest BCUT2D eigenvalue weighted by atomic mass is 19.4. The summed E-state index contributed by atoms with van der Waals surface area (Å²) in [5.74, 6) is -0.609. The van der Waals surface area contributed by atoms with Gasteiger partial charge in [-0.2, -0.15) is 30.7 Å². The zero-order chi connectivity index (χ0) is 21.0. The molecule has 1 saturated heterocycles. The molecule has 152 valence electrons. The van der Waals surface area contributed by atoms with Crippen LogP contribution >= 0.6 is 0 Å². The van der Waals surface area contributed by atoms with Gasteiger partial charge >= 0.3 is 18.4 Å². The summed E-state index contributed by atoms with van der Waals surface area (Å²) in [5, 5.41) is 7.43. The second kappa shape index (κ2) is 6.31. The molecule has 0 spiro atoms. The van der Waals surface area contributed by atoms with Crippen molar-refractivity contribution in [2.75, 3.05) is 0 Å². The first-order valence-corrected chi connectivity index (χ1v) is 7.82. The highest BCUT2D eigenvalue weighted by Crippen LogP contribution is 2.50. The van der Waals surface area contributed by atoms with E-state index in [1.54, 1.807) is 0 Å². The minimum absolute atomic E-state index is 0.176. The molecule has 0 bridgehead atoms. The average molecular weight is 410 g/mol. The maximum atomic E-state index is 13.9. The first kappa shape index (κ1) is 20.3. The van der Waals surface area contributed by atoms with E-state index in [1.807, 2.05) is 0 Å². The quantitative estimate of drug-likeness (QED) is 0.449. The van der Waals surface area contributed by atoms with E-state index in [0.29, 0.717) is 0 Å². The van der Waals surface area contributed by atoms with Gasteiger partial charge in [-0.15, -0.1) is 0 Å². The Balaban J connectivity index is 2.13. The standard InChI is InChI=1S/C17H13F7N2O2/c18-15(19,20)11-4-2-1-3-9(11)7-14-8-10(13(25)26)5-6-12(14)27-16(21,22)17(23,24)28-14/h1-6,8,12H,7H2,(H3,25,26). The molecule has 2 unspecified atom stereocenters. The molecular formula is C17H13F7N2O2. The van der Waals surface area contributed by atoms with Crippen molar-refractivity contribution in [3.05, 3.63) is 59.2 Å². The number of hydrogen-bond donors (Lipinski definition) is 2. The third-order valence-corrected chi connectivity index (χ3v) is 4.36. The van der Waals surface area contributed by atoms with Crippen LogP contribution in [0.4, 0.5) is 30.7 Å². The van der Waals surface area contributed by atoms with E-state index in [0.717, 1.165) is 36.4 Å². The maximum absolute atomic E-state index is 13.9. The third-order valence-electron chi connectivity index (χ3n) is 4.36. The molecule has 3 N–H and O–H groups in total. The van der Waals surface area contributed by atoms with Crippen LogP contribution in [0.3, 0.4) is 0 Å². The van der Waals surface area contributed by atoms with Gasteiger partial charge in [0.2, 0.25) is 0 Å². The lowest BCUT2D eigenvalue weighted by atomic mass is 9.81. The predicted octanol–water partition coefficient (Wildman–Crippen LogP) is 4.02. The summed E-state index contributed by atoms with van der Waals surface area (Å²) in [6, 6.07) is 4.08. The van der Waals surface area contributed by atoms with E-state index >= 15 is 0 Å². The predicted molar refractivity (Wildman–Crippen MR) is 82.9 cm³/mol. The molecule has 0 saturated carbocycles. The van der Waals surface area contributed by atoms with Crippen LogP contribution in [0.25, 0.3) is 0 Å². The Bertz CT molecular complexity index is 863. The van der Waals surface area contributed by atoms with E-state index in [4.69, 9.17) is 11.1 Å². The molecule has 1 heterocycles. The van der Waals surface area contributed by atoms with Crippen LogP contribution in [0.2, 0.25) is 0 Å². The van der Waals surface area contributed by atoms with Crippen molar-refractivity contribution >= 4 is 5.84 Å². The smallest absolute Gasteiger partial charge is 0.384 e. The Morgan fingerprint density at radius 2 is 1.75 bits per heavy atom. The van der Waals surface area contributed by atoms with Gasteiger partial charge in [-0.3, -0.25) is 10.1 Å². The zero-order valence-corrected chi connectivity index (χ0v) is 13.9. The Hall–Kier alpha value is -2.40. The fraction of sp³-hybridized carbons (Fsp3) is 0.353. The van der Waals surface area contributed by atoms with Crippen LogP contribution in [-0.2, 0) is 22.1 Å². The van der Waals surface area contributed by atoms with Gasteiger partial charge in [0.25, 0.3) is 0 Å². The number of nitrogens with two attached hydrogens (primary N) is 1. The van der Waals surface area contributed by atoms with E-state index in [9.17, 15) is 30.7 Å². The Kier molecular flexibility index (Phi) is 4.58. The summed E-state index contributed by atoms with van der Waals surface area (Å²) in [4.78, 5) is 0. The highest BCUT2D eigenvalue weighted by molar-refractivity contribution is 5.97. The molecule has 1 aromatic carbocycles. The van der Waals surface area contributed by atoms with Crippen LogP contribution in [0.5, 0.6) is 0 Å².